The van der Waals surface area contributed by atoms with Crippen molar-refractivity contribution in [2.75, 3.05) is 19.6 Å². The number of amides is 1. The van der Waals surface area contributed by atoms with Crippen LogP contribution in [-0.4, -0.2) is 41.5 Å². The molecule has 1 atom stereocenters. The third-order valence-corrected chi connectivity index (χ3v) is 5.07. The maximum Gasteiger partial charge on any atom is 0.234 e. The first-order valence-electron chi connectivity index (χ1n) is 9.69. The van der Waals surface area contributed by atoms with E-state index in [1.807, 2.05) is 25.3 Å². The minimum Gasteiger partial charge on any atom is -0.373 e. The summed E-state index contributed by atoms with van der Waals surface area (Å²) < 4.78 is 5.99. The molecule has 5 nitrogen and oxygen atoms in total. The predicted octanol–water partition coefficient (Wildman–Crippen LogP) is 3.25. The highest BCUT2D eigenvalue weighted by atomic mass is 16.5. The number of hydrogen-bond donors (Lipinski definition) is 1. The van der Waals surface area contributed by atoms with E-state index in [2.05, 4.69) is 46.4 Å². The van der Waals surface area contributed by atoms with Gasteiger partial charge in [0.25, 0.3) is 0 Å². The molecule has 0 spiro atoms. The molecule has 1 fully saturated rings. The van der Waals surface area contributed by atoms with E-state index < -0.39 is 0 Å². The number of carbonyl (C=O) groups excluding carboxylic acids is 1. The van der Waals surface area contributed by atoms with E-state index in [0.717, 1.165) is 37.1 Å². The highest BCUT2D eigenvalue weighted by Gasteiger charge is 2.22. The van der Waals surface area contributed by atoms with Crippen LogP contribution >= 0.6 is 0 Å². The molecule has 27 heavy (non-hydrogen) atoms. The molecule has 1 aliphatic heterocycles. The number of ether oxygens (including phenoxy) is 1. The first-order chi connectivity index (χ1) is 13.1. The highest BCUT2D eigenvalue weighted by Crippen LogP contribution is 2.16. The van der Waals surface area contributed by atoms with Gasteiger partial charge in [-0.3, -0.25) is 14.7 Å². The number of pyridine rings is 1. The van der Waals surface area contributed by atoms with Crippen LogP contribution in [-0.2, 0) is 16.1 Å². The summed E-state index contributed by atoms with van der Waals surface area (Å²) in [6.45, 7) is 6.94. The van der Waals surface area contributed by atoms with Gasteiger partial charge in [-0.2, -0.15) is 0 Å². The van der Waals surface area contributed by atoms with Crippen molar-refractivity contribution < 1.29 is 9.53 Å². The summed E-state index contributed by atoms with van der Waals surface area (Å²) in [5.41, 5.74) is 3.46. The number of rotatable bonds is 7. The van der Waals surface area contributed by atoms with Crippen molar-refractivity contribution in [1.29, 1.82) is 0 Å². The number of piperidine rings is 1. The fourth-order valence-electron chi connectivity index (χ4n) is 3.36. The average molecular weight is 367 g/mol. The van der Waals surface area contributed by atoms with Crippen LogP contribution in [0, 0.1) is 6.92 Å². The largest absolute Gasteiger partial charge is 0.373 e. The number of nitrogens with one attached hydrogen (secondary N) is 1. The van der Waals surface area contributed by atoms with E-state index in [-0.39, 0.29) is 18.1 Å². The van der Waals surface area contributed by atoms with Crippen LogP contribution in [0.25, 0.3) is 0 Å². The second-order valence-electron chi connectivity index (χ2n) is 7.35. The average Bonchev–Trinajstić information content (AvgIpc) is 2.68. The summed E-state index contributed by atoms with van der Waals surface area (Å²) in [5, 5.41) is 3.10. The van der Waals surface area contributed by atoms with Gasteiger partial charge in [0.05, 0.1) is 25.3 Å². The van der Waals surface area contributed by atoms with Gasteiger partial charge in [0, 0.05) is 25.5 Å². The van der Waals surface area contributed by atoms with Gasteiger partial charge in [-0.05, 0) is 43.9 Å². The molecule has 5 heteroatoms. The standard InChI is InChI=1S/C22H29N3O2/c1-17-5-7-20(8-6-17)18(2)24-22(26)15-25-12-9-21(10-13-25)27-16-19-4-3-11-23-14-19/h3-8,11,14,18,21H,9-10,12-13,15-16H2,1-2H3,(H,24,26)/t18-/m0/s1. The second kappa shape index (κ2) is 9.62. The van der Waals surface area contributed by atoms with E-state index in [4.69, 9.17) is 4.74 Å². The Bertz CT molecular complexity index is 710. The molecule has 1 saturated heterocycles. The van der Waals surface area contributed by atoms with Gasteiger partial charge in [-0.1, -0.05) is 35.9 Å². The Labute approximate surface area is 161 Å². The molecule has 0 bridgehead atoms. The Kier molecular flexibility index (Phi) is 6.96. The molecule has 1 N–H and O–H groups in total. The summed E-state index contributed by atoms with van der Waals surface area (Å²) in [5.74, 6) is 0.0813. The van der Waals surface area contributed by atoms with E-state index in [9.17, 15) is 4.79 Å². The number of aryl methyl sites for hydroxylation is 1. The molecule has 0 radical (unpaired) electrons. The van der Waals surface area contributed by atoms with Gasteiger partial charge in [-0.15, -0.1) is 0 Å². The molecular weight excluding hydrogens is 338 g/mol. The van der Waals surface area contributed by atoms with Crippen LogP contribution < -0.4 is 5.32 Å². The van der Waals surface area contributed by atoms with Crippen LogP contribution in [0.15, 0.2) is 48.8 Å². The summed E-state index contributed by atoms with van der Waals surface area (Å²) >= 11 is 0. The normalized spacial score (nSPS) is 16.8. The molecule has 1 amide bonds. The Balaban J connectivity index is 1.37. The second-order valence-corrected chi connectivity index (χ2v) is 7.35. The van der Waals surface area contributed by atoms with E-state index in [0.29, 0.717) is 13.2 Å². The molecular formula is C22H29N3O2. The lowest BCUT2D eigenvalue weighted by atomic mass is 10.1. The van der Waals surface area contributed by atoms with Crippen molar-refractivity contribution >= 4 is 5.91 Å². The number of nitrogens with zero attached hydrogens (tertiary/aromatic N) is 2. The minimum absolute atomic E-state index is 0.0263. The number of carbonyl (C=O) groups is 1. The van der Waals surface area contributed by atoms with Gasteiger partial charge in [-0.25, -0.2) is 0 Å². The lowest BCUT2D eigenvalue weighted by molar-refractivity contribution is -0.123. The lowest BCUT2D eigenvalue weighted by Crippen LogP contribution is -2.43. The zero-order chi connectivity index (χ0) is 19.1. The van der Waals surface area contributed by atoms with Crippen LogP contribution in [0.2, 0.25) is 0 Å². The van der Waals surface area contributed by atoms with Gasteiger partial charge < -0.3 is 10.1 Å². The van der Waals surface area contributed by atoms with Crippen molar-refractivity contribution in [3.63, 3.8) is 0 Å². The molecule has 1 aliphatic rings. The minimum atomic E-state index is 0.0263. The maximum absolute atomic E-state index is 12.4. The molecule has 0 unspecified atom stereocenters. The van der Waals surface area contributed by atoms with Gasteiger partial charge in [0.2, 0.25) is 5.91 Å². The molecule has 1 aromatic carbocycles. The topological polar surface area (TPSA) is 54.5 Å². The van der Waals surface area contributed by atoms with Crippen LogP contribution in [0.1, 0.15) is 42.5 Å². The lowest BCUT2D eigenvalue weighted by Gasteiger charge is -2.31. The third-order valence-electron chi connectivity index (χ3n) is 5.07. The van der Waals surface area contributed by atoms with Crippen molar-refractivity contribution in [2.45, 2.75) is 45.4 Å². The first kappa shape index (κ1) is 19.5. The molecule has 144 valence electrons. The monoisotopic (exact) mass is 367 g/mol. The van der Waals surface area contributed by atoms with Gasteiger partial charge >= 0.3 is 0 Å². The van der Waals surface area contributed by atoms with Gasteiger partial charge in [0.15, 0.2) is 0 Å². The highest BCUT2D eigenvalue weighted by molar-refractivity contribution is 5.78. The Morgan fingerprint density at radius 3 is 2.67 bits per heavy atom. The Hall–Kier alpha value is -2.24. The Morgan fingerprint density at radius 1 is 1.26 bits per heavy atom. The quantitative estimate of drug-likeness (QED) is 0.816. The SMILES string of the molecule is Cc1ccc([C@H](C)NC(=O)CN2CCC(OCc3cccnc3)CC2)cc1. The molecule has 0 aliphatic carbocycles. The molecule has 1 aromatic heterocycles. The number of benzene rings is 1. The summed E-state index contributed by atoms with van der Waals surface area (Å²) in [6.07, 6.45) is 5.79. The van der Waals surface area contributed by atoms with E-state index in [1.165, 1.54) is 5.56 Å². The number of aromatic nitrogens is 1. The van der Waals surface area contributed by atoms with E-state index >= 15 is 0 Å². The van der Waals surface area contributed by atoms with Crippen molar-refractivity contribution in [3.8, 4) is 0 Å². The summed E-state index contributed by atoms with van der Waals surface area (Å²) in [7, 11) is 0. The molecule has 3 rings (SSSR count). The third kappa shape index (κ3) is 6.15. The smallest absolute Gasteiger partial charge is 0.234 e. The predicted molar refractivity (Wildman–Crippen MR) is 106 cm³/mol. The van der Waals surface area contributed by atoms with Crippen molar-refractivity contribution in [1.82, 2.24) is 15.2 Å². The maximum atomic E-state index is 12.4. The summed E-state index contributed by atoms with van der Waals surface area (Å²) in [4.78, 5) is 18.7. The van der Waals surface area contributed by atoms with E-state index in [1.54, 1.807) is 6.20 Å². The van der Waals surface area contributed by atoms with Crippen LogP contribution in [0.4, 0.5) is 0 Å². The number of likely N-dealkylation sites (tertiary alicyclic amines) is 1. The Morgan fingerprint density at radius 2 is 2.00 bits per heavy atom. The zero-order valence-electron chi connectivity index (χ0n) is 16.2. The molecule has 0 saturated carbocycles. The first-order valence-corrected chi connectivity index (χ1v) is 9.69. The molecule has 2 heterocycles. The number of hydrogen-bond acceptors (Lipinski definition) is 4. The molecule has 2 aromatic rings. The fraction of sp³-hybridized carbons (Fsp3) is 0.455. The fourth-order valence-corrected chi connectivity index (χ4v) is 3.36. The van der Waals surface area contributed by atoms with Crippen molar-refractivity contribution in [2.24, 2.45) is 0 Å². The van der Waals surface area contributed by atoms with Crippen molar-refractivity contribution in [3.05, 3.63) is 65.5 Å². The van der Waals surface area contributed by atoms with Gasteiger partial charge in [0.1, 0.15) is 0 Å². The zero-order valence-corrected chi connectivity index (χ0v) is 16.2. The summed E-state index contributed by atoms with van der Waals surface area (Å²) in [6, 6.07) is 12.3. The van der Waals surface area contributed by atoms with Crippen LogP contribution in [0.5, 0.6) is 0 Å². The van der Waals surface area contributed by atoms with Crippen LogP contribution in [0.3, 0.4) is 0 Å².